The van der Waals surface area contributed by atoms with E-state index in [1.165, 1.54) is 51.4 Å². The van der Waals surface area contributed by atoms with E-state index in [0.717, 1.165) is 12.8 Å². The van der Waals surface area contributed by atoms with E-state index < -0.39 is 0 Å². The Morgan fingerprint density at radius 3 is 1.68 bits per heavy atom. The number of carbonyl (C=O) groups is 2. The van der Waals surface area contributed by atoms with Gasteiger partial charge in [0, 0.05) is 11.5 Å². The molecule has 0 saturated heterocycles. The third kappa shape index (κ3) is 19.5. The molecule has 0 aromatic rings. The van der Waals surface area contributed by atoms with Gasteiger partial charge >= 0.3 is 11.9 Å². The molecule has 0 N–H and O–H groups in total. The maximum absolute atomic E-state index is 11.6. The van der Waals surface area contributed by atoms with Gasteiger partial charge in [-0.3, -0.25) is 9.59 Å². The van der Waals surface area contributed by atoms with Crippen molar-refractivity contribution in [2.45, 2.75) is 90.9 Å². The third-order valence-electron chi connectivity index (χ3n) is 3.97. The highest BCUT2D eigenvalue weighted by atomic mass is 32.2. The van der Waals surface area contributed by atoms with Crippen molar-refractivity contribution in [3.8, 4) is 0 Å². The summed E-state index contributed by atoms with van der Waals surface area (Å²) in [6.07, 6.45) is 13.6. The molecule has 4 nitrogen and oxygen atoms in total. The molecular weight excluding hydrogens is 336 g/mol. The first kappa shape index (κ1) is 24.3. The summed E-state index contributed by atoms with van der Waals surface area (Å²) in [5.41, 5.74) is 0. The Morgan fingerprint density at radius 1 is 0.680 bits per heavy atom. The van der Waals surface area contributed by atoms with E-state index in [9.17, 15) is 9.59 Å². The van der Waals surface area contributed by atoms with Crippen molar-refractivity contribution in [3.63, 3.8) is 0 Å². The first-order chi connectivity index (χ1) is 12.2. The average Bonchev–Trinajstić information content (AvgIpc) is 2.59. The number of hydrogen-bond donors (Lipinski definition) is 0. The molecule has 0 saturated carbocycles. The van der Waals surface area contributed by atoms with E-state index >= 15 is 0 Å². The zero-order valence-electron chi connectivity index (χ0n) is 16.4. The molecule has 0 amide bonds. The lowest BCUT2D eigenvalue weighted by Gasteiger charge is -2.05. The maximum Gasteiger partial charge on any atom is 0.306 e. The fraction of sp³-hybridized carbons (Fsp3) is 0.900. The molecule has 0 radical (unpaired) electrons. The van der Waals surface area contributed by atoms with E-state index in [-0.39, 0.29) is 11.9 Å². The summed E-state index contributed by atoms with van der Waals surface area (Å²) in [5.74, 6) is 1.11. The number of hydrogen-bond acceptors (Lipinski definition) is 5. The van der Waals surface area contributed by atoms with Crippen molar-refractivity contribution in [2.75, 3.05) is 24.7 Å². The summed E-state index contributed by atoms with van der Waals surface area (Å²) in [5, 5.41) is 0. The quantitative estimate of drug-likeness (QED) is 0.233. The molecule has 0 aliphatic carbocycles. The summed E-state index contributed by atoms with van der Waals surface area (Å²) >= 11 is 1.59. The van der Waals surface area contributed by atoms with Gasteiger partial charge in [0.15, 0.2) is 0 Å². The van der Waals surface area contributed by atoms with Gasteiger partial charge in [-0.25, -0.2) is 0 Å². The van der Waals surface area contributed by atoms with Gasteiger partial charge < -0.3 is 9.47 Å². The number of ether oxygens (including phenoxy) is 2. The molecule has 148 valence electrons. The summed E-state index contributed by atoms with van der Waals surface area (Å²) in [4.78, 5) is 22.7. The largest absolute Gasteiger partial charge is 0.466 e. The fourth-order valence-electron chi connectivity index (χ4n) is 2.49. The van der Waals surface area contributed by atoms with Crippen LogP contribution in [0.25, 0.3) is 0 Å². The second-order valence-electron chi connectivity index (χ2n) is 6.32. The lowest BCUT2D eigenvalue weighted by Crippen LogP contribution is -2.08. The van der Waals surface area contributed by atoms with Gasteiger partial charge in [0.25, 0.3) is 0 Å². The van der Waals surface area contributed by atoms with Gasteiger partial charge in [-0.2, -0.15) is 11.8 Å². The molecule has 0 unspecified atom stereocenters. The first-order valence-corrected chi connectivity index (χ1v) is 11.2. The smallest absolute Gasteiger partial charge is 0.306 e. The zero-order chi connectivity index (χ0) is 18.6. The van der Waals surface area contributed by atoms with Crippen LogP contribution in [-0.4, -0.2) is 36.7 Å². The van der Waals surface area contributed by atoms with Crippen LogP contribution >= 0.6 is 11.8 Å². The summed E-state index contributed by atoms with van der Waals surface area (Å²) < 4.78 is 10.1. The minimum atomic E-state index is -0.168. The highest BCUT2D eigenvalue weighted by molar-refractivity contribution is 7.99. The summed E-state index contributed by atoms with van der Waals surface area (Å²) in [6, 6.07) is 0. The number of thioether (sulfide) groups is 1. The van der Waals surface area contributed by atoms with Crippen LogP contribution in [0.1, 0.15) is 90.9 Å². The molecule has 0 fully saturated rings. The minimum absolute atomic E-state index is 0.125. The molecule has 0 atom stereocenters. The molecule has 0 spiro atoms. The van der Waals surface area contributed by atoms with Gasteiger partial charge in [-0.1, -0.05) is 64.7 Å². The molecule has 0 aromatic carbocycles. The van der Waals surface area contributed by atoms with E-state index in [4.69, 9.17) is 9.47 Å². The van der Waals surface area contributed by atoms with Gasteiger partial charge in [-0.15, -0.1) is 0 Å². The summed E-state index contributed by atoms with van der Waals surface area (Å²) in [6.45, 7) is 5.02. The maximum atomic E-state index is 11.6. The van der Waals surface area contributed by atoms with Gasteiger partial charge in [0.1, 0.15) is 0 Å². The van der Waals surface area contributed by atoms with Gasteiger partial charge in [0.05, 0.1) is 26.1 Å². The average molecular weight is 375 g/mol. The SMILES string of the molecule is CCCCCCCCCCCCOC(=O)CCSCCC(=O)OCC. The fourth-order valence-corrected chi connectivity index (χ4v) is 3.32. The monoisotopic (exact) mass is 374 g/mol. The van der Waals surface area contributed by atoms with E-state index in [1.807, 2.05) is 0 Å². The predicted molar refractivity (Wildman–Crippen MR) is 106 cm³/mol. The van der Waals surface area contributed by atoms with Crippen LogP contribution in [0.4, 0.5) is 0 Å². The van der Waals surface area contributed by atoms with E-state index in [2.05, 4.69) is 6.92 Å². The zero-order valence-corrected chi connectivity index (χ0v) is 17.2. The van der Waals surface area contributed by atoms with Crippen molar-refractivity contribution in [3.05, 3.63) is 0 Å². The van der Waals surface area contributed by atoms with Crippen LogP contribution < -0.4 is 0 Å². The first-order valence-electron chi connectivity index (χ1n) is 10.1. The number of unbranched alkanes of at least 4 members (excludes halogenated alkanes) is 9. The van der Waals surface area contributed by atoms with Gasteiger partial charge in [0.2, 0.25) is 0 Å². The van der Waals surface area contributed by atoms with Crippen LogP contribution in [0.2, 0.25) is 0 Å². The molecule has 0 aliphatic heterocycles. The topological polar surface area (TPSA) is 52.6 Å². The molecule has 0 aromatic heterocycles. The molecule has 0 bridgehead atoms. The van der Waals surface area contributed by atoms with Crippen molar-refractivity contribution < 1.29 is 19.1 Å². The van der Waals surface area contributed by atoms with Crippen molar-refractivity contribution in [1.29, 1.82) is 0 Å². The van der Waals surface area contributed by atoms with Gasteiger partial charge in [-0.05, 0) is 13.3 Å². The molecule has 0 aliphatic rings. The number of rotatable bonds is 18. The molecule has 0 heterocycles. The molecule has 5 heteroatoms. The van der Waals surface area contributed by atoms with Crippen LogP contribution in [0, 0.1) is 0 Å². The van der Waals surface area contributed by atoms with Crippen LogP contribution in [0.5, 0.6) is 0 Å². The number of esters is 2. The Labute approximate surface area is 158 Å². The highest BCUT2D eigenvalue weighted by Crippen LogP contribution is 2.11. The van der Waals surface area contributed by atoms with Crippen LogP contribution in [0.3, 0.4) is 0 Å². The highest BCUT2D eigenvalue weighted by Gasteiger charge is 2.05. The Balaban J connectivity index is 3.21. The van der Waals surface area contributed by atoms with Crippen LogP contribution in [-0.2, 0) is 19.1 Å². The minimum Gasteiger partial charge on any atom is -0.466 e. The molecular formula is C20H38O4S. The third-order valence-corrected chi connectivity index (χ3v) is 4.95. The van der Waals surface area contributed by atoms with Crippen LogP contribution in [0.15, 0.2) is 0 Å². The molecule has 0 rings (SSSR count). The van der Waals surface area contributed by atoms with Crippen molar-refractivity contribution in [2.24, 2.45) is 0 Å². The Kier molecular flexibility index (Phi) is 19.1. The lowest BCUT2D eigenvalue weighted by atomic mass is 10.1. The normalized spacial score (nSPS) is 10.6. The van der Waals surface area contributed by atoms with E-state index in [0.29, 0.717) is 37.6 Å². The Hall–Kier alpha value is -0.710. The second kappa shape index (κ2) is 19.6. The van der Waals surface area contributed by atoms with Crippen molar-refractivity contribution >= 4 is 23.7 Å². The number of carbonyl (C=O) groups excluding carboxylic acids is 2. The lowest BCUT2D eigenvalue weighted by molar-refractivity contribution is -0.143. The Bertz CT molecular complexity index is 321. The molecule has 25 heavy (non-hydrogen) atoms. The second-order valence-corrected chi connectivity index (χ2v) is 7.54. The van der Waals surface area contributed by atoms with Crippen molar-refractivity contribution in [1.82, 2.24) is 0 Å². The predicted octanol–water partition coefficient (Wildman–Crippen LogP) is 5.53. The van der Waals surface area contributed by atoms with E-state index in [1.54, 1.807) is 18.7 Å². The summed E-state index contributed by atoms with van der Waals surface area (Å²) in [7, 11) is 0. The standard InChI is InChI=1S/C20H38O4S/c1-3-5-6-7-8-9-10-11-12-13-16-24-20(22)15-18-25-17-14-19(21)23-4-2/h3-18H2,1-2H3. The Morgan fingerprint density at radius 2 is 1.16 bits per heavy atom.